The van der Waals surface area contributed by atoms with Crippen molar-refractivity contribution >= 4 is 5.97 Å². The first-order valence-electron chi connectivity index (χ1n) is 6.20. The zero-order valence-electron chi connectivity index (χ0n) is 9.78. The molecule has 0 aromatic heterocycles. The number of esters is 1. The van der Waals surface area contributed by atoms with Crippen molar-refractivity contribution in [3.8, 4) is 0 Å². The number of hydrogen-bond donors (Lipinski definition) is 0. The van der Waals surface area contributed by atoms with Crippen LogP contribution in [-0.2, 0) is 22.7 Å². The van der Waals surface area contributed by atoms with Crippen molar-refractivity contribution in [1.29, 1.82) is 0 Å². The molecule has 0 N–H and O–H groups in total. The van der Waals surface area contributed by atoms with E-state index < -0.39 is 0 Å². The van der Waals surface area contributed by atoms with E-state index in [0.717, 1.165) is 23.5 Å². The van der Waals surface area contributed by atoms with Gasteiger partial charge in [0.1, 0.15) is 0 Å². The number of benzene rings is 1. The van der Waals surface area contributed by atoms with Crippen LogP contribution < -0.4 is 0 Å². The maximum absolute atomic E-state index is 11.9. The van der Waals surface area contributed by atoms with Crippen LogP contribution in [0.1, 0.15) is 40.7 Å². The Morgan fingerprint density at radius 2 is 2.24 bits per heavy atom. The average Bonchev–Trinajstić information content (AvgIpc) is 3.04. The van der Waals surface area contributed by atoms with E-state index in [0.29, 0.717) is 25.4 Å². The summed E-state index contributed by atoms with van der Waals surface area (Å²) in [6.07, 6.45) is 3.61. The molecular weight excluding hydrogens is 216 g/mol. The predicted molar refractivity (Wildman–Crippen MR) is 62.6 cm³/mol. The highest BCUT2D eigenvalue weighted by atomic mass is 16.5. The number of carbonyl (C=O) groups excluding carboxylic acids is 1. The van der Waals surface area contributed by atoms with E-state index in [-0.39, 0.29) is 5.97 Å². The molecule has 0 spiro atoms. The molecule has 3 rings (SSSR count). The Kier molecular flexibility index (Phi) is 2.85. The van der Waals surface area contributed by atoms with Gasteiger partial charge in [0.15, 0.2) is 0 Å². The van der Waals surface area contributed by atoms with Crippen LogP contribution in [0.4, 0.5) is 0 Å². The topological polar surface area (TPSA) is 35.5 Å². The summed E-state index contributed by atoms with van der Waals surface area (Å²) in [5, 5.41) is 0. The first-order chi connectivity index (χ1) is 8.34. The van der Waals surface area contributed by atoms with Gasteiger partial charge in [-0.1, -0.05) is 25.0 Å². The zero-order chi connectivity index (χ0) is 11.7. The minimum absolute atomic E-state index is 0.201. The molecule has 0 amide bonds. The monoisotopic (exact) mass is 232 g/mol. The van der Waals surface area contributed by atoms with Crippen LogP contribution >= 0.6 is 0 Å². The molecule has 0 saturated heterocycles. The molecule has 90 valence electrons. The molecule has 1 aromatic rings. The minimum Gasteiger partial charge on any atom is -0.462 e. The Bertz CT molecular complexity index is 435. The molecular formula is C14H16O3. The fraction of sp³-hybridized carbons (Fsp3) is 0.500. The molecule has 17 heavy (non-hydrogen) atoms. The summed E-state index contributed by atoms with van der Waals surface area (Å²) in [5.41, 5.74) is 2.79. The van der Waals surface area contributed by atoms with Crippen LogP contribution in [0.2, 0.25) is 0 Å². The van der Waals surface area contributed by atoms with Gasteiger partial charge in [-0.05, 0) is 29.5 Å². The molecule has 3 nitrogen and oxygen atoms in total. The predicted octanol–water partition coefficient (Wildman–Crippen LogP) is 2.67. The third-order valence-corrected chi connectivity index (χ3v) is 3.45. The van der Waals surface area contributed by atoms with Gasteiger partial charge >= 0.3 is 5.97 Å². The second kappa shape index (κ2) is 4.49. The fourth-order valence-electron chi connectivity index (χ4n) is 2.20. The summed E-state index contributed by atoms with van der Waals surface area (Å²) >= 11 is 0. The van der Waals surface area contributed by atoms with E-state index in [1.807, 2.05) is 18.2 Å². The summed E-state index contributed by atoms with van der Waals surface area (Å²) in [5.74, 6) is 0.598. The van der Waals surface area contributed by atoms with Gasteiger partial charge in [0.25, 0.3) is 0 Å². The molecule has 3 heteroatoms. The van der Waals surface area contributed by atoms with E-state index in [9.17, 15) is 4.79 Å². The number of ether oxygens (including phenoxy) is 2. The Morgan fingerprint density at radius 3 is 3.06 bits per heavy atom. The zero-order valence-corrected chi connectivity index (χ0v) is 9.78. The number of carbonyl (C=O) groups is 1. The standard InChI is InChI=1S/C14H16O3/c15-14(17-7-6-10-4-5-10)12-3-1-2-11-8-16-9-13(11)12/h1-3,10H,4-9H2. The van der Waals surface area contributed by atoms with Crippen LogP contribution in [0.5, 0.6) is 0 Å². The molecule has 0 radical (unpaired) electrons. The Morgan fingerprint density at radius 1 is 1.35 bits per heavy atom. The summed E-state index contributed by atoms with van der Waals surface area (Å²) in [6, 6.07) is 5.72. The maximum atomic E-state index is 11.9. The smallest absolute Gasteiger partial charge is 0.338 e. The van der Waals surface area contributed by atoms with Gasteiger partial charge in [-0.3, -0.25) is 0 Å². The van der Waals surface area contributed by atoms with Crippen molar-refractivity contribution in [2.75, 3.05) is 6.61 Å². The maximum Gasteiger partial charge on any atom is 0.338 e. The molecule has 0 atom stereocenters. The molecule has 1 aliphatic heterocycles. The van der Waals surface area contributed by atoms with E-state index >= 15 is 0 Å². The Balaban J connectivity index is 1.66. The van der Waals surface area contributed by atoms with Gasteiger partial charge in [-0.25, -0.2) is 4.79 Å². The average molecular weight is 232 g/mol. The second-order valence-corrected chi connectivity index (χ2v) is 4.80. The van der Waals surface area contributed by atoms with Gasteiger partial charge < -0.3 is 9.47 Å². The van der Waals surface area contributed by atoms with Gasteiger partial charge in [-0.15, -0.1) is 0 Å². The lowest BCUT2D eigenvalue weighted by atomic mass is 10.0. The molecule has 0 unspecified atom stereocenters. The molecule has 0 bridgehead atoms. The number of hydrogen-bond acceptors (Lipinski definition) is 3. The van der Waals surface area contributed by atoms with Crippen LogP contribution in [0.3, 0.4) is 0 Å². The molecule has 1 aromatic carbocycles. The third-order valence-electron chi connectivity index (χ3n) is 3.45. The van der Waals surface area contributed by atoms with Crippen LogP contribution in [0.15, 0.2) is 18.2 Å². The van der Waals surface area contributed by atoms with Crippen LogP contribution in [0.25, 0.3) is 0 Å². The van der Waals surface area contributed by atoms with Crippen molar-refractivity contribution in [2.45, 2.75) is 32.5 Å². The highest BCUT2D eigenvalue weighted by molar-refractivity contribution is 5.91. The molecule has 2 aliphatic rings. The van der Waals surface area contributed by atoms with Gasteiger partial charge in [0.05, 0.1) is 25.4 Å². The first kappa shape index (κ1) is 10.8. The van der Waals surface area contributed by atoms with E-state index in [1.54, 1.807) is 0 Å². The van der Waals surface area contributed by atoms with Crippen molar-refractivity contribution in [2.24, 2.45) is 5.92 Å². The van der Waals surface area contributed by atoms with Crippen LogP contribution in [-0.4, -0.2) is 12.6 Å². The summed E-state index contributed by atoms with van der Waals surface area (Å²) < 4.78 is 10.7. The van der Waals surface area contributed by atoms with E-state index in [2.05, 4.69) is 0 Å². The fourth-order valence-corrected chi connectivity index (χ4v) is 2.20. The Hall–Kier alpha value is -1.35. The summed E-state index contributed by atoms with van der Waals surface area (Å²) in [7, 11) is 0. The molecule has 1 aliphatic carbocycles. The minimum atomic E-state index is -0.201. The van der Waals surface area contributed by atoms with Gasteiger partial charge in [-0.2, -0.15) is 0 Å². The van der Waals surface area contributed by atoms with Crippen molar-refractivity contribution < 1.29 is 14.3 Å². The van der Waals surface area contributed by atoms with E-state index in [1.165, 1.54) is 12.8 Å². The van der Waals surface area contributed by atoms with Crippen LogP contribution in [0, 0.1) is 5.92 Å². The lowest BCUT2D eigenvalue weighted by Crippen LogP contribution is -2.09. The molecule has 1 heterocycles. The largest absolute Gasteiger partial charge is 0.462 e. The van der Waals surface area contributed by atoms with Crippen molar-refractivity contribution in [3.05, 3.63) is 34.9 Å². The van der Waals surface area contributed by atoms with Gasteiger partial charge in [0.2, 0.25) is 0 Å². The van der Waals surface area contributed by atoms with E-state index in [4.69, 9.17) is 9.47 Å². The summed E-state index contributed by atoms with van der Waals surface area (Å²) in [4.78, 5) is 11.9. The second-order valence-electron chi connectivity index (χ2n) is 4.80. The number of rotatable bonds is 4. The molecule has 1 fully saturated rings. The summed E-state index contributed by atoms with van der Waals surface area (Å²) in [6.45, 7) is 1.69. The van der Waals surface area contributed by atoms with Crippen molar-refractivity contribution in [3.63, 3.8) is 0 Å². The SMILES string of the molecule is O=C(OCCC1CC1)c1cccc2c1COC2. The highest BCUT2D eigenvalue weighted by Gasteiger charge is 2.23. The lowest BCUT2D eigenvalue weighted by molar-refractivity contribution is 0.0491. The lowest BCUT2D eigenvalue weighted by Gasteiger charge is -2.07. The number of fused-ring (bicyclic) bond motifs is 1. The Labute approximate surface area is 101 Å². The highest BCUT2D eigenvalue weighted by Crippen LogP contribution is 2.32. The first-order valence-corrected chi connectivity index (χ1v) is 6.20. The van der Waals surface area contributed by atoms with Crippen molar-refractivity contribution in [1.82, 2.24) is 0 Å². The molecule has 1 saturated carbocycles. The normalized spacial score (nSPS) is 17.9. The third kappa shape index (κ3) is 2.34. The van der Waals surface area contributed by atoms with Gasteiger partial charge in [0, 0.05) is 0 Å². The quantitative estimate of drug-likeness (QED) is 0.749.